The van der Waals surface area contributed by atoms with Gasteiger partial charge in [0.05, 0.1) is 19.1 Å². The van der Waals surface area contributed by atoms with Gasteiger partial charge >= 0.3 is 0 Å². The fraction of sp³-hybridized carbons (Fsp3) is 0.600. The van der Waals surface area contributed by atoms with Crippen molar-refractivity contribution in [3.05, 3.63) is 35.4 Å². The first-order valence-electron chi connectivity index (χ1n) is 9.37. The van der Waals surface area contributed by atoms with Crippen LogP contribution in [0.5, 0.6) is 0 Å². The third kappa shape index (κ3) is 5.85. The van der Waals surface area contributed by atoms with Gasteiger partial charge in [-0.05, 0) is 35.8 Å². The molecular formula is C20H31N3O2. The molecule has 1 aliphatic carbocycles. The normalized spacial score (nSPS) is 16.5. The van der Waals surface area contributed by atoms with E-state index in [-0.39, 0.29) is 36.9 Å². The van der Waals surface area contributed by atoms with Crippen molar-refractivity contribution >= 4 is 11.8 Å². The Kier molecular flexibility index (Phi) is 7.44. The first-order chi connectivity index (χ1) is 12.0. The predicted molar refractivity (Wildman–Crippen MR) is 100 cm³/mol. The van der Waals surface area contributed by atoms with Crippen LogP contribution in [0.3, 0.4) is 0 Å². The fourth-order valence-electron chi connectivity index (χ4n) is 3.52. The zero-order valence-corrected chi connectivity index (χ0v) is 15.4. The van der Waals surface area contributed by atoms with Gasteiger partial charge in [0, 0.05) is 0 Å². The molecule has 1 unspecified atom stereocenters. The lowest BCUT2D eigenvalue weighted by Crippen LogP contribution is -2.41. The SMILES string of the molecule is CC(C)C(NC(=O)CNC(=O)CN)c1ccc(C2CCCCC2)cc1. The number of nitrogens with one attached hydrogen (secondary N) is 2. The molecule has 0 spiro atoms. The lowest BCUT2D eigenvalue weighted by molar-refractivity contribution is -0.126. The zero-order chi connectivity index (χ0) is 18.2. The number of hydrogen-bond acceptors (Lipinski definition) is 3. The lowest BCUT2D eigenvalue weighted by Gasteiger charge is -2.25. The number of amides is 2. The summed E-state index contributed by atoms with van der Waals surface area (Å²) in [7, 11) is 0. The molecule has 1 fully saturated rings. The molecule has 0 radical (unpaired) electrons. The van der Waals surface area contributed by atoms with Crippen LogP contribution in [0.1, 0.15) is 69.0 Å². The average Bonchev–Trinajstić information content (AvgIpc) is 2.64. The number of nitrogens with two attached hydrogens (primary N) is 1. The summed E-state index contributed by atoms with van der Waals surface area (Å²) in [5.74, 6) is 0.418. The third-order valence-corrected chi connectivity index (χ3v) is 4.99. The zero-order valence-electron chi connectivity index (χ0n) is 15.4. The molecule has 0 saturated heterocycles. The van der Waals surface area contributed by atoms with Crippen molar-refractivity contribution in [1.29, 1.82) is 0 Å². The first kappa shape index (κ1) is 19.4. The summed E-state index contributed by atoms with van der Waals surface area (Å²) in [6, 6.07) is 8.62. The second-order valence-corrected chi connectivity index (χ2v) is 7.27. The van der Waals surface area contributed by atoms with Crippen LogP contribution in [0.25, 0.3) is 0 Å². The van der Waals surface area contributed by atoms with E-state index in [4.69, 9.17) is 5.73 Å². The Balaban J connectivity index is 1.99. The Labute approximate surface area is 150 Å². The van der Waals surface area contributed by atoms with E-state index in [2.05, 4.69) is 48.7 Å². The Bertz CT molecular complexity index is 563. The summed E-state index contributed by atoms with van der Waals surface area (Å²) in [6.45, 7) is 4.01. The molecule has 0 heterocycles. The van der Waals surface area contributed by atoms with Gasteiger partial charge in [0.2, 0.25) is 11.8 Å². The molecule has 2 rings (SSSR count). The highest BCUT2D eigenvalue weighted by molar-refractivity contribution is 5.85. The van der Waals surface area contributed by atoms with Crippen molar-refractivity contribution in [2.75, 3.05) is 13.1 Å². The number of carbonyl (C=O) groups excluding carboxylic acids is 2. The van der Waals surface area contributed by atoms with Crippen LogP contribution in [-0.4, -0.2) is 24.9 Å². The quantitative estimate of drug-likeness (QED) is 0.710. The van der Waals surface area contributed by atoms with Crippen LogP contribution >= 0.6 is 0 Å². The van der Waals surface area contributed by atoms with Gasteiger partial charge in [0.15, 0.2) is 0 Å². The maximum Gasteiger partial charge on any atom is 0.239 e. The van der Waals surface area contributed by atoms with E-state index in [1.807, 2.05) is 0 Å². The van der Waals surface area contributed by atoms with Gasteiger partial charge in [-0.2, -0.15) is 0 Å². The Morgan fingerprint density at radius 1 is 1.08 bits per heavy atom. The van der Waals surface area contributed by atoms with E-state index in [1.165, 1.54) is 37.7 Å². The highest BCUT2D eigenvalue weighted by atomic mass is 16.2. The maximum atomic E-state index is 12.1. The number of rotatable bonds is 7. The Morgan fingerprint density at radius 3 is 2.28 bits per heavy atom. The minimum Gasteiger partial charge on any atom is -0.348 e. The van der Waals surface area contributed by atoms with Gasteiger partial charge < -0.3 is 16.4 Å². The Morgan fingerprint density at radius 2 is 1.72 bits per heavy atom. The minimum atomic E-state index is -0.326. The standard InChI is InChI=1S/C20H31N3O2/c1-14(2)20(23-19(25)13-22-18(24)12-21)17-10-8-16(9-11-17)15-6-4-3-5-7-15/h8-11,14-15,20H,3-7,12-13,21H2,1-2H3,(H,22,24)(H,23,25). The van der Waals surface area contributed by atoms with E-state index in [9.17, 15) is 9.59 Å². The second kappa shape index (κ2) is 9.56. The van der Waals surface area contributed by atoms with E-state index in [1.54, 1.807) is 0 Å². The summed E-state index contributed by atoms with van der Waals surface area (Å²) in [4.78, 5) is 23.3. The molecule has 5 nitrogen and oxygen atoms in total. The molecule has 2 amide bonds. The fourth-order valence-corrected chi connectivity index (χ4v) is 3.52. The van der Waals surface area contributed by atoms with Crippen molar-refractivity contribution < 1.29 is 9.59 Å². The molecule has 138 valence electrons. The van der Waals surface area contributed by atoms with Crippen molar-refractivity contribution in [2.24, 2.45) is 11.7 Å². The molecule has 0 aromatic heterocycles. The maximum absolute atomic E-state index is 12.1. The monoisotopic (exact) mass is 345 g/mol. The van der Waals surface area contributed by atoms with Crippen LogP contribution < -0.4 is 16.4 Å². The molecule has 1 aliphatic rings. The van der Waals surface area contributed by atoms with Crippen LogP contribution in [0, 0.1) is 5.92 Å². The average molecular weight is 345 g/mol. The smallest absolute Gasteiger partial charge is 0.239 e. The second-order valence-electron chi connectivity index (χ2n) is 7.27. The van der Waals surface area contributed by atoms with E-state index in [0.717, 1.165) is 5.56 Å². The van der Waals surface area contributed by atoms with Crippen LogP contribution in [0.4, 0.5) is 0 Å². The van der Waals surface area contributed by atoms with E-state index < -0.39 is 0 Å². The number of benzene rings is 1. The molecular weight excluding hydrogens is 314 g/mol. The molecule has 5 heteroatoms. The lowest BCUT2D eigenvalue weighted by atomic mass is 9.83. The molecule has 4 N–H and O–H groups in total. The molecule has 1 aromatic carbocycles. The minimum absolute atomic E-state index is 0.0423. The van der Waals surface area contributed by atoms with Crippen molar-refractivity contribution in [1.82, 2.24) is 10.6 Å². The van der Waals surface area contributed by atoms with Crippen molar-refractivity contribution in [3.8, 4) is 0 Å². The van der Waals surface area contributed by atoms with Crippen molar-refractivity contribution in [3.63, 3.8) is 0 Å². The summed E-state index contributed by atoms with van der Waals surface area (Å²) < 4.78 is 0. The molecule has 25 heavy (non-hydrogen) atoms. The van der Waals surface area contributed by atoms with Crippen molar-refractivity contribution in [2.45, 2.75) is 57.9 Å². The first-order valence-corrected chi connectivity index (χ1v) is 9.37. The van der Waals surface area contributed by atoms with Gasteiger partial charge in [0.25, 0.3) is 0 Å². The van der Waals surface area contributed by atoms with Gasteiger partial charge in [-0.15, -0.1) is 0 Å². The summed E-state index contributed by atoms with van der Waals surface area (Å²) in [5, 5.41) is 5.52. The van der Waals surface area contributed by atoms with Crippen LogP contribution in [0.2, 0.25) is 0 Å². The highest BCUT2D eigenvalue weighted by Gasteiger charge is 2.20. The molecule has 0 bridgehead atoms. The van der Waals surface area contributed by atoms with Gasteiger partial charge in [0.1, 0.15) is 0 Å². The number of hydrogen-bond donors (Lipinski definition) is 3. The molecule has 1 saturated carbocycles. The summed E-state index contributed by atoms with van der Waals surface area (Å²) in [5.41, 5.74) is 7.75. The van der Waals surface area contributed by atoms with Gasteiger partial charge in [-0.1, -0.05) is 57.4 Å². The van der Waals surface area contributed by atoms with Crippen LogP contribution in [-0.2, 0) is 9.59 Å². The van der Waals surface area contributed by atoms with Crippen LogP contribution in [0.15, 0.2) is 24.3 Å². The third-order valence-electron chi connectivity index (χ3n) is 4.99. The predicted octanol–water partition coefficient (Wildman–Crippen LogP) is 2.62. The Hall–Kier alpha value is -1.88. The molecule has 1 aromatic rings. The van der Waals surface area contributed by atoms with Gasteiger partial charge in [-0.3, -0.25) is 9.59 Å². The van der Waals surface area contributed by atoms with Gasteiger partial charge in [-0.25, -0.2) is 0 Å². The molecule has 0 aliphatic heterocycles. The summed E-state index contributed by atoms with van der Waals surface area (Å²) in [6.07, 6.45) is 6.57. The topological polar surface area (TPSA) is 84.2 Å². The largest absolute Gasteiger partial charge is 0.348 e. The van der Waals surface area contributed by atoms with E-state index >= 15 is 0 Å². The molecule has 1 atom stereocenters. The number of carbonyl (C=O) groups is 2. The highest BCUT2D eigenvalue weighted by Crippen LogP contribution is 2.33. The summed E-state index contributed by atoms with van der Waals surface area (Å²) >= 11 is 0. The van der Waals surface area contributed by atoms with E-state index in [0.29, 0.717) is 5.92 Å².